The molecule has 2 aliphatic rings. The van der Waals surface area contributed by atoms with E-state index in [0.29, 0.717) is 18.4 Å². The highest BCUT2D eigenvalue weighted by molar-refractivity contribution is 5.31. The Morgan fingerprint density at radius 2 is 1.96 bits per heavy atom. The first-order valence-electron chi connectivity index (χ1n) is 8.98. The zero-order valence-corrected chi connectivity index (χ0v) is 14.3. The number of aromatic hydroxyl groups is 1. The predicted octanol–water partition coefficient (Wildman–Crippen LogP) is 3.74. The number of methoxy groups -OCH3 is 1. The van der Waals surface area contributed by atoms with Crippen molar-refractivity contribution < 1.29 is 14.9 Å². The molecule has 4 nitrogen and oxygen atoms in total. The van der Waals surface area contributed by atoms with E-state index in [1.165, 1.54) is 12.8 Å². The predicted molar refractivity (Wildman–Crippen MR) is 92.7 cm³/mol. The maximum Gasteiger partial charge on any atom is 0.229 e. The molecule has 1 aromatic carbocycles. The maximum atomic E-state index is 10.6. The first-order chi connectivity index (χ1) is 11.6. The van der Waals surface area contributed by atoms with Crippen molar-refractivity contribution in [2.45, 2.75) is 62.7 Å². The molecule has 2 saturated carbocycles. The second kappa shape index (κ2) is 7.55. The van der Waals surface area contributed by atoms with Crippen LogP contribution in [0.1, 0.15) is 50.0 Å². The van der Waals surface area contributed by atoms with Crippen LogP contribution in [-0.2, 0) is 4.74 Å². The number of hydrogen-bond acceptors (Lipinski definition) is 3. The summed E-state index contributed by atoms with van der Waals surface area (Å²) < 4.78 is 5.55. The minimum Gasteiger partial charge on any atom is -0.508 e. The van der Waals surface area contributed by atoms with Crippen molar-refractivity contribution in [2.75, 3.05) is 7.11 Å². The topological polar surface area (TPSA) is 54.0 Å². The van der Waals surface area contributed by atoms with Gasteiger partial charge in [-0.05, 0) is 42.9 Å². The third-order valence-corrected chi connectivity index (χ3v) is 5.97. The van der Waals surface area contributed by atoms with Gasteiger partial charge >= 0.3 is 0 Å². The van der Waals surface area contributed by atoms with Crippen LogP contribution < -0.4 is 0 Å². The summed E-state index contributed by atoms with van der Waals surface area (Å²) in [6.45, 7) is 7.55. The molecule has 130 valence electrons. The standard InChI is InChI=1S/C20H27NO3/c1-21-18-12-19(23)20(14-6-8-15(22)9-7-14)17(18)11-13-4-3-5-16(10-13)24-2/h6-9,13,16-20,22-23H,3-5,10-12H2,2H3/t13?,16?,17?,18-,19-,20?/m1/s1. The largest absolute Gasteiger partial charge is 0.508 e. The van der Waals surface area contributed by atoms with Gasteiger partial charge in [0, 0.05) is 25.4 Å². The van der Waals surface area contributed by atoms with Gasteiger partial charge in [0.2, 0.25) is 6.04 Å². The van der Waals surface area contributed by atoms with E-state index < -0.39 is 6.10 Å². The summed E-state index contributed by atoms with van der Waals surface area (Å²) in [6.07, 6.45) is 5.98. The van der Waals surface area contributed by atoms with Crippen LogP contribution in [0.2, 0.25) is 0 Å². The SMILES string of the molecule is [C-]#[N+][C@@H]1C[C@@H](O)C(c2ccc(O)cc2)C1CC1CCCC(OC)C1. The van der Waals surface area contributed by atoms with E-state index in [4.69, 9.17) is 11.3 Å². The Kier molecular flexibility index (Phi) is 5.43. The maximum absolute atomic E-state index is 10.6. The first kappa shape index (κ1) is 17.3. The van der Waals surface area contributed by atoms with Gasteiger partial charge < -0.3 is 19.8 Å². The van der Waals surface area contributed by atoms with E-state index in [-0.39, 0.29) is 23.6 Å². The van der Waals surface area contributed by atoms with Gasteiger partial charge in [0.25, 0.3) is 0 Å². The molecule has 2 N–H and O–H groups in total. The molecular weight excluding hydrogens is 302 g/mol. The van der Waals surface area contributed by atoms with Crippen molar-refractivity contribution in [1.82, 2.24) is 0 Å². The number of hydrogen-bond donors (Lipinski definition) is 2. The number of aliphatic hydroxyl groups excluding tert-OH is 1. The third kappa shape index (κ3) is 3.58. The van der Waals surface area contributed by atoms with Gasteiger partial charge in [0.15, 0.2) is 0 Å². The molecule has 2 aliphatic carbocycles. The normalized spacial score (nSPS) is 36.4. The monoisotopic (exact) mass is 329 g/mol. The smallest absolute Gasteiger partial charge is 0.229 e. The molecule has 1 aromatic rings. The van der Waals surface area contributed by atoms with Gasteiger partial charge in [0.05, 0.1) is 12.2 Å². The average molecular weight is 329 g/mol. The average Bonchev–Trinajstić information content (AvgIpc) is 2.91. The van der Waals surface area contributed by atoms with E-state index >= 15 is 0 Å². The second-order valence-electron chi connectivity index (χ2n) is 7.41. The minimum atomic E-state index is -0.472. The fourth-order valence-corrected chi connectivity index (χ4v) is 4.77. The highest BCUT2D eigenvalue weighted by Crippen LogP contribution is 2.46. The van der Waals surface area contributed by atoms with Crippen LogP contribution in [0, 0.1) is 18.4 Å². The molecule has 0 saturated heterocycles. The Morgan fingerprint density at radius 3 is 2.62 bits per heavy atom. The molecule has 2 fully saturated rings. The Balaban J connectivity index is 1.78. The van der Waals surface area contributed by atoms with E-state index in [1.54, 1.807) is 19.2 Å². The van der Waals surface area contributed by atoms with Crippen LogP contribution in [0.3, 0.4) is 0 Å². The number of phenolic OH excluding ortho intramolecular Hbond substituents is 1. The van der Waals surface area contributed by atoms with Crippen LogP contribution in [0.15, 0.2) is 24.3 Å². The molecule has 6 atom stereocenters. The van der Waals surface area contributed by atoms with E-state index in [9.17, 15) is 10.2 Å². The number of rotatable bonds is 4. The van der Waals surface area contributed by atoms with Gasteiger partial charge in [-0.15, -0.1) is 0 Å². The molecule has 4 heteroatoms. The lowest BCUT2D eigenvalue weighted by Gasteiger charge is -2.31. The molecule has 3 rings (SSSR count). The quantitative estimate of drug-likeness (QED) is 0.828. The molecule has 4 unspecified atom stereocenters. The highest BCUT2D eigenvalue weighted by atomic mass is 16.5. The Bertz CT molecular complexity index is 580. The third-order valence-electron chi connectivity index (χ3n) is 5.97. The van der Waals surface area contributed by atoms with Crippen molar-refractivity contribution in [3.8, 4) is 5.75 Å². The summed E-state index contributed by atoms with van der Waals surface area (Å²) >= 11 is 0. The number of phenols is 1. The lowest BCUT2D eigenvalue weighted by atomic mass is 9.76. The summed E-state index contributed by atoms with van der Waals surface area (Å²) in [6, 6.07) is 7.02. The fraction of sp³-hybridized carbons (Fsp3) is 0.650. The lowest BCUT2D eigenvalue weighted by Crippen LogP contribution is -2.27. The van der Waals surface area contributed by atoms with Crippen LogP contribution in [0.4, 0.5) is 0 Å². The van der Waals surface area contributed by atoms with E-state index in [0.717, 1.165) is 24.8 Å². The molecule has 0 amide bonds. The molecule has 0 bridgehead atoms. The lowest BCUT2D eigenvalue weighted by molar-refractivity contribution is 0.0438. The minimum absolute atomic E-state index is 0.00683. The van der Waals surface area contributed by atoms with Crippen molar-refractivity contribution in [2.24, 2.45) is 11.8 Å². The molecule has 0 aliphatic heterocycles. The number of benzene rings is 1. The van der Waals surface area contributed by atoms with Crippen LogP contribution >= 0.6 is 0 Å². The van der Waals surface area contributed by atoms with Crippen molar-refractivity contribution in [3.63, 3.8) is 0 Å². The van der Waals surface area contributed by atoms with Gasteiger partial charge in [-0.2, -0.15) is 0 Å². The van der Waals surface area contributed by atoms with E-state index in [2.05, 4.69) is 4.85 Å². The molecule has 0 aromatic heterocycles. The first-order valence-corrected chi connectivity index (χ1v) is 8.98. The molecule has 0 spiro atoms. The summed E-state index contributed by atoms with van der Waals surface area (Å²) in [5.74, 6) is 0.984. The zero-order valence-electron chi connectivity index (χ0n) is 14.3. The van der Waals surface area contributed by atoms with Crippen LogP contribution in [-0.4, -0.2) is 35.6 Å². The second-order valence-corrected chi connectivity index (χ2v) is 7.41. The molecule has 0 radical (unpaired) electrons. The van der Waals surface area contributed by atoms with Gasteiger partial charge in [0.1, 0.15) is 5.75 Å². The van der Waals surface area contributed by atoms with Crippen LogP contribution in [0.25, 0.3) is 4.85 Å². The summed E-state index contributed by atoms with van der Waals surface area (Å²) in [5, 5.41) is 20.1. The van der Waals surface area contributed by atoms with Crippen molar-refractivity contribution in [1.29, 1.82) is 0 Å². The van der Waals surface area contributed by atoms with Gasteiger partial charge in [-0.3, -0.25) is 0 Å². The molecular formula is C20H27NO3. The summed E-state index contributed by atoms with van der Waals surface area (Å²) in [4.78, 5) is 3.83. The Labute approximate surface area is 144 Å². The van der Waals surface area contributed by atoms with Crippen LogP contribution in [0.5, 0.6) is 5.75 Å². The summed E-state index contributed by atoms with van der Waals surface area (Å²) in [7, 11) is 1.79. The number of aliphatic hydroxyl groups is 1. The van der Waals surface area contributed by atoms with Crippen molar-refractivity contribution >= 4 is 0 Å². The fourth-order valence-electron chi connectivity index (χ4n) is 4.77. The van der Waals surface area contributed by atoms with Crippen molar-refractivity contribution in [3.05, 3.63) is 41.2 Å². The number of ether oxygens (including phenoxy) is 1. The van der Waals surface area contributed by atoms with E-state index in [1.807, 2.05) is 12.1 Å². The number of nitrogens with zero attached hydrogens (tertiary/aromatic N) is 1. The molecule has 24 heavy (non-hydrogen) atoms. The van der Waals surface area contributed by atoms with Gasteiger partial charge in [-0.1, -0.05) is 25.0 Å². The Hall–Kier alpha value is -1.57. The zero-order chi connectivity index (χ0) is 17.1. The highest BCUT2D eigenvalue weighted by Gasteiger charge is 2.48. The Morgan fingerprint density at radius 1 is 1.21 bits per heavy atom. The summed E-state index contributed by atoms with van der Waals surface area (Å²) in [5.41, 5.74) is 1.04. The van der Waals surface area contributed by atoms with Gasteiger partial charge in [-0.25, -0.2) is 6.57 Å². The molecule has 0 heterocycles.